The highest BCUT2D eigenvalue weighted by Gasteiger charge is 2.21. The summed E-state index contributed by atoms with van der Waals surface area (Å²) < 4.78 is 19.4. The Morgan fingerprint density at radius 1 is 1.14 bits per heavy atom. The molecule has 0 radical (unpaired) electrons. The third-order valence-corrected chi connectivity index (χ3v) is 3.96. The van der Waals surface area contributed by atoms with E-state index in [2.05, 4.69) is 5.43 Å². The summed E-state index contributed by atoms with van der Waals surface area (Å²) in [6.07, 6.45) is 0. The summed E-state index contributed by atoms with van der Waals surface area (Å²) in [6, 6.07) is 11.2. The van der Waals surface area contributed by atoms with E-state index in [1.54, 1.807) is 24.3 Å². The molecule has 0 saturated carbocycles. The van der Waals surface area contributed by atoms with Crippen LogP contribution in [0.1, 0.15) is 17.4 Å². The number of nitrogens with two attached hydrogens (primary N) is 1. The summed E-state index contributed by atoms with van der Waals surface area (Å²) in [5.41, 5.74) is 3.65. The molecule has 0 saturated heterocycles. The summed E-state index contributed by atoms with van der Waals surface area (Å²) in [4.78, 5) is 0. The average molecular weight is 325 g/mol. The van der Waals surface area contributed by atoms with E-state index >= 15 is 0 Å². The van der Waals surface area contributed by atoms with Gasteiger partial charge in [-0.05, 0) is 23.8 Å². The van der Waals surface area contributed by atoms with E-state index in [1.165, 1.54) is 6.07 Å². The number of para-hydroxylation sites is 1. The lowest BCUT2D eigenvalue weighted by atomic mass is 10.0. The predicted octanol–water partition coefficient (Wildman–Crippen LogP) is 4.43. The van der Waals surface area contributed by atoms with Crippen LogP contribution in [0.4, 0.5) is 4.39 Å². The number of hydrazine groups is 1. The lowest BCUT2D eigenvalue weighted by Gasteiger charge is -2.15. The van der Waals surface area contributed by atoms with Gasteiger partial charge in [-0.1, -0.05) is 47.5 Å². The minimum atomic E-state index is -0.573. The number of hydrogen-bond acceptors (Lipinski definition) is 3. The second-order valence-corrected chi connectivity index (χ2v) is 5.33. The zero-order valence-corrected chi connectivity index (χ0v) is 12.3. The molecule has 0 aliphatic heterocycles. The zero-order valence-electron chi connectivity index (χ0n) is 10.7. The Morgan fingerprint density at radius 3 is 2.62 bits per heavy atom. The van der Waals surface area contributed by atoms with Gasteiger partial charge in [0.2, 0.25) is 0 Å². The topological polar surface area (TPSA) is 51.2 Å². The highest BCUT2D eigenvalue weighted by molar-refractivity contribution is 6.34. The first kappa shape index (κ1) is 14.4. The first-order valence-corrected chi connectivity index (χ1v) is 6.95. The van der Waals surface area contributed by atoms with Gasteiger partial charge < -0.3 is 4.42 Å². The molecule has 1 unspecified atom stereocenters. The van der Waals surface area contributed by atoms with E-state index in [0.717, 1.165) is 5.39 Å². The normalized spacial score (nSPS) is 12.8. The largest absolute Gasteiger partial charge is 0.457 e. The second-order valence-electron chi connectivity index (χ2n) is 4.55. The number of furan rings is 1. The summed E-state index contributed by atoms with van der Waals surface area (Å²) in [5, 5.41) is 1.34. The van der Waals surface area contributed by atoms with Gasteiger partial charge >= 0.3 is 0 Å². The molecule has 0 amide bonds. The van der Waals surface area contributed by atoms with Gasteiger partial charge in [0.25, 0.3) is 0 Å². The molecule has 1 atom stereocenters. The predicted molar refractivity (Wildman–Crippen MR) is 81.8 cm³/mol. The van der Waals surface area contributed by atoms with E-state index in [9.17, 15) is 4.39 Å². The Balaban J connectivity index is 2.14. The molecule has 1 aromatic heterocycles. The summed E-state index contributed by atoms with van der Waals surface area (Å²) in [7, 11) is 0. The van der Waals surface area contributed by atoms with Crippen LogP contribution < -0.4 is 11.3 Å². The fraction of sp³-hybridized carbons (Fsp3) is 0.0667. The highest BCUT2D eigenvalue weighted by Crippen LogP contribution is 2.34. The van der Waals surface area contributed by atoms with Gasteiger partial charge in [-0.3, -0.25) is 5.84 Å². The van der Waals surface area contributed by atoms with E-state index in [-0.39, 0.29) is 5.02 Å². The van der Waals surface area contributed by atoms with Crippen molar-refractivity contribution in [2.24, 2.45) is 5.84 Å². The number of hydrogen-bond donors (Lipinski definition) is 2. The fourth-order valence-corrected chi connectivity index (χ4v) is 2.71. The number of halogens is 3. The Bertz CT molecular complexity index is 803. The molecule has 2 aromatic carbocycles. The molecule has 6 heteroatoms. The molecule has 3 aromatic rings. The molecule has 0 fully saturated rings. The first-order valence-electron chi connectivity index (χ1n) is 6.20. The maximum absolute atomic E-state index is 13.6. The van der Waals surface area contributed by atoms with Gasteiger partial charge in [0.15, 0.2) is 5.58 Å². The zero-order chi connectivity index (χ0) is 15.0. The molecule has 3 rings (SSSR count). The van der Waals surface area contributed by atoms with Crippen molar-refractivity contribution in [3.8, 4) is 0 Å². The molecule has 21 heavy (non-hydrogen) atoms. The van der Waals surface area contributed by atoms with E-state index in [1.807, 2.05) is 12.1 Å². The van der Waals surface area contributed by atoms with Crippen LogP contribution in [0.25, 0.3) is 11.0 Å². The van der Waals surface area contributed by atoms with Crippen LogP contribution in [0.2, 0.25) is 10.0 Å². The van der Waals surface area contributed by atoms with Gasteiger partial charge in [-0.15, -0.1) is 0 Å². The maximum Gasteiger partial charge on any atom is 0.152 e. The van der Waals surface area contributed by atoms with E-state index in [0.29, 0.717) is 21.9 Å². The average Bonchev–Trinajstić information content (AvgIpc) is 2.89. The van der Waals surface area contributed by atoms with Crippen LogP contribution in [0.5, 0.6) is 0 Å². The molecule has 0 bridgehead atoms. The SMILES string of the molecule is NNC(c1cc2cccc(Cl)c2o1)c1cccc(F)c1Cl. The van der Waals surface area contributed by atoms with E-state index < -0.39 is 11.9 Å². The van der Waals surface area contributed by atoms with Crippen molar-refractivity contribution in [2.75, 3.05) is 0 Å². The molecular weight excluding hydrogens is 314 g/mol. The molecule has 0 aliphatic rings. The van der Waals surface area contributed by atoms with Gasteiger partial charge in [-0.2, -0.15) is 0 Å². The van der Waals surface area contributed by atoms with Crippen molar-refractivity contribution in [3.63, 3.8) is 0 Å². The van der Waals surface area contributed by atoms with Gasteiger partial charge in [0, 0.05) is 5.39 Å². The van der Waals surface area contributed by atoms with Crippen molar-refractivity contribution in [1.29, 1.82) is 0 Å². The minimum Gasteiger partial charge on any atom is -0.457 e. The second kappa shape index (κ2) is 5.66. The summed E-state index contributed by atoms with van der Waals surface area (Å²) >= 11 is 12.1. The van der Waals surface area contributed by atoms with Crippen molar-refractivity contribution in [3.05, 3.63) is 69.7 Å². The number of benzene rings is 2. The lowest BCUT2D eigenvalue weighted by molar-refractivity contribution is 0.476. The number of nitrogens with one attached hydrogen (secondary N) is 1. The van der Waals surface area contributed by atoms with Crippen molar-refractivity contribution in [1.82, 2.24) is 5.43 Å². The molecule has 3 nitrogen and oxygen atoms in total. The Morgan fingerprint density at radius 2 is 1.90 bits per heavy atom. The summed E-state index contributed by atoms with van der Waals surface area (Å²) in [5.74, 6) is 5.59. The summed E-state index contributed by atoms with van der Waals surface area (Å²) in [6.45, 7) is 0. The Hall–Kier alpha value is -1.59. The minimum absolute atomic E-state index is 0.00648. The van der Waals surface area contributed by atoms with Crippen LogP contribution in [0, 0.1) is 5.82 Å². The Labute approximate surface area is 130 Å². The third-order valence-electron chi connectivity index (χ3n) is 3.26. The highest BCUT2D eigenvalue weighted by atomic mass is 35.5. The van der Waals surface area contributed by atoms with Gasteiger partial charge in [0.05, 0.1) is 10.0 Å². The van der Waals surface area contributed by atoms with Crippen molar-refractivity contribution < 1.29 is 8.81 Å². The monoisotopic (exact) mass is 324 g/mol. The van der Waals surface area contributed by atoms with E-state index in [4.69, 9.17) is 33.5 Å². The third kappa shape index (κ3) is 2.51. The molecule has 0 aliphatic carbocycles. The van der Waals surface area contributed by atoms with Gasteiger partial charge in [0.1, 0.15) is 17.6 Å². The first-order chi connectivity index (χ1) is 10.1. The van der Waals surface area contributed by atoms with Crippen LogP contribution >= 0.6 is 23.2 Å². The maximum atomic E-state index is 13.6. The van der Waals surface area contributed by atoms with Crippen molar-refractivity contribution in [2.45, 2.75) is 6.04 Å². The standard InChI is InChI=1S/C15H11Cl2FN2O/c16-10-5-1-3-8-7-12(21-15(8)10)14(20-19)9-4-2-6-11(18)13(9)17/h1-7,14,20H,19H2. The number of rotatable bonds is 3. The molecule has 1 heterocycles. The van der Waals surface area contributed by atoms with Crippen molar-refractivity contribution >= 4 is 34.2 Å². The molecule has 0 spiro atoms. The Kier molecular flexibility index (Phi) is 3.87. The fourth-order valence-electron chi connectivity index (χ4n) is 2.26. The van der Waals surface area contributed by atoms with Crippen LogP contribution in [0.15, 0.2) is 46.9 Å². The van der Waals surface area contributed by atoms with Crippen LogP contribution in [-0.4, -0.2) is 0 Å². The van der Waals surface area contributed by atoms with Gasteiger partial charge in [-0.25, -0.2) is 9.82 Å². The quantitative estimate of drug-likeness (QED) is 0.553. The van der Waals surface area contributed by atoms with Crippen LogP contribution in [0.3, 0.4) is 0 Å². The van der Waals surface area contributed by atoms with Crippen LogP contribution in [-0.2, 0) is 0 Å². The molecular formula is C15H11Cl2FN2O. The molecule has 3 N–H and O–H groups in total. The smallest absolute Gasteiger partial charge is 0.152 e. The molecule has 108 valence electrons. The lowest BCUT2D eigenvalue weighted by Crippen LogP contribution is -2.28. The number of fused-ring (bicyclic) bond motifs is 1.